The van der Waals surface area contributed by atoms with Crippen molar-refractivity contribution in [1.82, 2.24) is 9.21 Å². The molecule has 132 valence electrons. The Balaban J connectivity index is 1.55. The molecule has 0 atom stereocenters. The molecule has 2 aliphatic rings. The van der Waals surface area contributed by atoms with Crippen LogP contribution in [-0.2, 0) is 10.0 Å². The van der Waals surface area contributed by atoms with Crippen LogP contribution >= 0.6 is 11.6 Å². The van der Waals surface area contributed by atoms with Gasteiger partial charge in [-0.05, 0) is 44.2 Å². The van der Waals surface area contributed by atoms with Crippen molar-refractivity contribution in [2.75, 3.05) is 32.7 Å². The SMILES string of the molecule is O=S(=O)(c1ccccc1Cl)N1CCN(CCC2=CCCCC2)CC1. The maximum Gasteiger partial charge on any atom is 0.244 e. The fourth-order valence-electron chi connectivity index (χ4n) is 3.42. The molecule has 6 heteroatoms. The molecule has 4 nitrogen and oxygen atoms in total. The number of sulfonamides is 1. The molecule has 0 saturated carbocycles. The summed E-state index contributed by atoms with van der Waals surface area (Å²) in [7, 11) is -3.49. The summed E-state index contributed by atoms with van der Waals surface area (Å²) in [6.07, 6.45) is 8.61. The molecule has 0 unspecified atom stereocenters. The summed E-state index contributed by atoms with van der Waals surface area (Å²) in [5, 5.41) is 0.296. The van der Waals surface area contributed by atoms with Gasteiger partial charge in [0, 0.05) is 32.7 Å². The predicted octanol–water partition coefficient (Wildman–Crippen LogP) is 3.54. The van der Waals surface area contributed by atoms with Gasteiger partial charge in [0.05, 0.1) is 5.02 Å². The Morgan fingerprint density at radius 2 is 1.79 bits per heavy atom. The molecule has 0 radical (unpaired) electrons. The van der Waals surface area contributed by atoms with Gasteiger partial charge in [0.1, 0.15) is 4.90 Å². The average Bonchev–Trinajstić information content (AvgIpc) is 2.61. The summed E-state index contributed by atoms with van der Waals surface area (Å²) in [6.45, 7) is 3.68. The van der Waals surface area contributed by atoms with Crippen molar-refractivity contribution in [3.8, 4) is 0 Å². The molecule has 0 bridgehead atoms. The lowest BCUT2D eigenvalue weighted by Crippen LogP contribution is -2.48. The number of allylic oxidation sites excluding steroid dienone is 1. The minimum absolute atomic E-state index is 0.215. The molecule has 1 aromatic carbocycles. The number of hydrogen-bond acceptors (Lipinski definition) is 3. The third-order valence-electron chi connectivity index (χ3n) is 4.92. The van der Waals surface area contributed by atoms with E-state index in [1.54, 1.807) is 34.1 Å². The second kappa shape index (κ2) is 8.00. The van der Waals surface area contributed by atoms with Crippen LogP contribution in [-0.4, -0.2) is 50.3 Å². The molecule has 3 rings (SSSR count). The number of rotatable bonds is 5. The smallest absolute Gasteiger partial charge is 0.244 e. The number of hydrogen-bond donors (Lipinski definition) is 0. The van der Waals surface area contributed by atoms with E-state index in [1.807, 2.05) is 0 Å². The van der Waals surface area contributed by atoms with Gasteiger partial charge in [-0.1, -0.05) is 35.4 Å². The maximum absolute atomic E-state index is 12.7. The number of benzene rings is 1. The van der Waals surface area contributed by atoms with E-state index >= 15 is 0 Å². The van der Waals surface area contributed by atoms with E-state index < -0.39 is 10.0 Å². The van der Waals surface area contributed by atoms with Crippen LogP contribution in [0.25, 0.3) is 0 Å². The third kappa shape index (κ3) is 4.20. The van der Waals surface area contributed by atoms with Gasteiger partial charge in [0.15, 0.2) is 0 Å². The summed E-state index contributed by atoms with van der Waals surface area (Å²) in [5.74, 6) is 0. The highest BCUT2D eigenvalue weighted by Gasteiger charge is 2.29. The standard InChI is InChI=1S/C18H25ClN2O2S/c19-17-8-4-5-9-18(17)24(22,23)21-14-12-20(13-15-21)11-10-16-6-2-1-3-7-16/h4-6,8-9H,1-3,7,10-15H2. The summed E-state index contributed by atoms with van der Waals surface area (Å²) < 4.78 is 27.0. The lowest BCUT2D eigenvalue weighted by Gasteiger charge is -2.34. The molecular weight excluding hydrogens is 344 g/mol. The van der Waals surface area contributed by atoms with E-state index in [9.17, 15) is 8.42 Å². The Labute approximate surface area is 150 Å². The topological polar surface area (TPSA) is 40.6 Å². The van der Waals surface area contributed by atoms with Crippen molar-refractivity contribution < 1.29 is 8.42 Å². The van der Waals surface area contributed by atoms with Gasteiger partial charge in [-0.2, -0.15) is 4.31 Å². The lowest BCUT2D eigenvalue weighted by molar-refractivity contribution is 0.189. The molecular formula is C18H25ClN2O2S. The molecule has 1 aromatic rings. The second-order valence-corrected chi connectivity index (χ2v) is 8.85. The van der Waals surface area contributed by atoms with Crippen LogP contribution in [0.15, 0.2) is 40.8 Å². The molecule has 1 fully saturated rings. The van der Waals surface area contributed by atoms with Crippen molar-refractivity contribution in [2.45, 2.75) is 37.0 Å². The Bertz CT molecular complexity index is 695. The van der Waals surface area contributed by atoms with Crippen molar-refractivity contribution >= 4 is 21.6 Å². The highest BCUT2D eigenvalue weighted by molar-refractivity contribution is 7.89. The lowest BCUT2D eigenvalue weighted by atomic mass is 9.97. The van der Waals surface area contributed by atoms with E-state index in [0.29, 0.717) is 18.1 Å². The predicted molar refractivity (Wildman–Crippen MR) is 97.8 cm³/mol. The third-order valence-corrected chi connectivity index (χ3v) is 7.32. The summed E-state index contributed by atoms with van der Waals surface area (Å²) in [5.41, 5.74) is 1.58. The van der Waals surface area contributed by atoms with Crippen LogP contribution in [0.1, 0.15) is 32.1 Å². The Morgan fingerprint density at radius 3 is 2.46 bits per heavy atom. The fourth-order valence-corrected chi connectivity index (χ4v) is 5.34. The van der Waals surface area contributed by atoms with Crippen LogP contribution in [0.3, 0.4) is 0 Å². The van der Waals surface area contributed by atoms with Gasteiger partial charge in [-0.15, -0.1) is 0 Å². The van der Waals surface area contributed by atoms with Crippen molar-refractivity contribution in [3.05, 3.63) is 40.9 Å². The van der Waals surface area contributed by atoms with Crippen LogP contribution in [0, 0.1) is 0 Å². The molecule has 1 saturated heterocycles. The van der Waals surface area contributed by atoms with Gasteiger partial charge < -0.3 is 4.90 Å². The summed E-state index contributed by atoms with van der Waals surface area (Å²) >= 11 is 6.07. The first-order valence-corrected chi connectivity index (χ1v) is 10.5. The minimum atomic E-state index is -3.49. The van der Waals surface area contributed by atoms with Crippen LogP contribution in [0.2, 0.25) is 5.02 Å². The van der Waals surface area contributed by atoms with Crippen LogP contribution in [0.5, 0.6) is 0 Å². The largest absolute Gasteiger partial charge is 0.300 e. The molecule has 0 amide bonds. The zero-order chi connectivity index (χ0) is 17.0. The van der Waals surface area contributed by atoms with Gasteiger partial charge in [0.25, 0.3) is 0 Å². The number of nitrogens with zero attached hydrogens (tertiary/aromatic N) is 2. The molecule has 1 aliphatic heterocycles. The Kier molecular flexibility index (Phi) is 5.98. The van der Waals surface area contributed by atoms with Gasteiger partial charge in [-0.25, -0.2) is 8.42 Å². The van der Waals surface area contributed by atoms with Gasteiger partial charge >= 0.3 is 0 Å². The Hall–Kier alpha value is -0.880. The molecule has 1 aliphatic carbocycles. The van der Waals surface area contributed by atoms with E-state index in [2.05, 4.69) is 11.0 Å². The fraction of sp³-hybridized carbons (Fsp3) is 0.556. The molecule has 0 N–H and O–H groups in total. The van der Waals surface area contributed by atoms with Crippen LogP contribution < -0.4 is 0 Å². The van der Waals surface area contributed by atoms with Crippen molar-refractivity contribution in [1.29, 1.82) is 0 Å². The van der Waals surface area contributed by atoms with Crippen molar-refractivity contribution in [3.63, 3.8) is 0 Å². The zero-order valence-corrected chi connectivity index (χ0v) is 15.5. The van der Waals surface area contributed by atoms with Gasteiger partial charge in [0.2, 0.25) is 10.0 Å². The first kappa shape index (κ1) is 17.9. The molecule has 1 heterocycles. The van der Waals surface area contributed by atoms with Gasteiger partial charge in [-0.3, -0.25) is 0 Å². The first-order valence-electron chi connectivity index (χ1n) is 8.72. The van der Waals surface area contributed by atoms with E-state index in [4.69, 9.17) is 11.6 Å². The maximum atomic E-state index is 12.7. The quantitative estimate of drug-likeness (QED) is 0.746. The molecule has 24 heavy (non-hydrogen) atoms. The molecule has 0 aromatic heterocycles. The van der Waals surface area contributed by atoms with Crippen LogP contribution in [0.4, 0.5) is 0 Å². The number of piperazine rings is 1. The minimum Gasteiger partial charge on any atom is -0.300 e. The average molecular weight is 369 g/mol. The zero-order valence-electron chi connectivity index (χ0n) is 14.0. The Morgan fingerprint density at radius 1 is 1.04 bits per heavy atom. The summed E-state index contributed by atoms with van der Waals surface area (Å²) in [4.78, 5) is 2.58. The van der Waals surface area contributed by atoms with E-state index in [-0.39, 0.29) is 4.90 Å². The van der Waals surface area contributed by atoms with E-state index in [0.717, 1.165) is 26.1 Å². The second-order valence-electron chi connectivity index (χ2n) is 6.53. The molecule has 0 spiro atoms. The number of halogens is 1. The van der Waals surface area contributed by atoms with Crippen molar-refractivity contribution in [2.24, 2.45) is 0 Å². The normalized spacial score (nSPS) is 20.8. The van der Waals surface area contributed by atoms with E-state index in [1.165, 1.54) is 25.7 Å². The highest BCUT2D eigenvalue weighted by Crippen LogP contribution is 2.25. The first-order chi connectivity index (χ1) is 11.6. The summed E-state index contributed by atoms with van der Waals surface area (Å²) in [6, 6.07) is 6.67. The highest BCUT2D eigenvalue weighted by atomic mass is 35.5. The monoisotopic (exact) mass is 368 g/mol.